The minimum atomic E-state index is -3.68. The molecule has 3 N–H and O–H groups in total. The predicted molar refractivity (Wildman–Crippen MR) is 72.4 cm³/mol. The third-order valence-corrected chi connectivity index (χ3v) is 4.30. The molecule has 1 aromatic carbocycles. The van der Waals surface area contributed by atoms with E-state index >= 15 is 0 Å². The molecule has 0 fully saturated rings. The molecule has 2 rings (SSSR count). The van der Waals surface area contributed by atoms with Crippen LogP contribution in [0.3, 0.4) is 0 Å². The van der Waals surface area contributed by atoms with Crippen LogP contribution in [0, 0.1) is 6.92 Å². The highest BCUT2D eigenvalue weighted by atomic mass is 35.5. The molecule has 20 heavy (non-hydrogen) atoms. The molecule has 0 aliphatic heterocycles. The maximum absolute atomic E-state index is 12.1. The van der Waals surface area contributed by atoms with Crippen LogP contribution in [0.25, 0.3) is 0 Å². The summed E-state index contributed by atoms with van der Waals surface area (Å²) in [6, 6.07) is 4.34. The zero-order chi connectivity index (χ0) is 14.8. The number of halogens is 1. The fraction of sp³-hybridized carbons (Fsp3) is 0.273. The van der Waals surface area contributed by atoms with Gasteiger partial charge in [0, 0.05) is 18.5 Å². The van der Waals surface area contributed by atoms with Crippen molar-refractivity contribution in [1.29, 1.82) is 0 Å². The second-order valence-corrected chi connectivity index (χ2v) is 6.19. The van der Waals surface area contributed by atoms with Gasteiger partial charge < -0.3 is 10.3 Å². The highest BCUT2D eigenvalue weighted by Crippen LogP contribution is 2.20. The molecule has 2 aromatic rings. The molecule has 0 aliphatic rings. The van der Waals surface area contributed by atoms with E-state index in [1.807, 2.05) is 0 Å². The van der Waals surface area contributed by atoms with E-state index in [0.29, 0.717) is 16.5 Å². The number of aryl methyl sites for hydroxylation is 1. The second-order valence-electron chi connectivity index (χ2n) is 4.01. The van der Waals surface area contributed by atoms with E-state index in [1.54, 1.807) is 6.92 Å². The molecule has 0 unspecified atom stereocenters. The fourth-order valence-corrected chi connectivity index (χ4v) is 2.76. The van der Waals surface area contributed by atoms with Crippen molar-refractivity contribution in [1.82, 2.24) is 14.9 Å². The standard InChI is InChI=1S/C11H13ClN4O3S/c1-7-15-11(16-19-7)6-14-20(17,18)9-2-3-10(12)8(4-9)5-13/h2-4,14H,5-6,13H2,1H3. The number of rotatable bonds is 5. The Morgan fingerprint density at radius 3 is 2.80 bits per heavy atom. The lowest BCUT2D eigenvalue weighted by Gasteiger charge is -2.07. The maximum Gasteiger partial charge on any atom is 0.240 e. The van der Waals surface area contributed by atoms with Gasteiger partial charge in [-0.25, -0.2) is 13.1 Å². The Labute approximate surface area is 121 Å². The van der Waals surface area contributed by atoms with Gasteiger partial charge in [-0.1, -0.05) is 16.8 Å². The molecule has 0 amide bonds. The summed E-state index contributed by atoms with van der Waals surface area (Å²) >= 11 is 5.89. The van der Waals surface area contributed by atoms with Crippen LogP contribution in [0.2, 0.25) is 5.02 Å². The van der Waals surface area contributed by atoms with E-state index in [4.69, 9.17) is 21.9 Å². The number of nitrogens with zero attached hydrogens (tertiary/aromatic N) is 2. The molecule has 0 radical (unpaired) electrons. The SMILES string of the molecule is Cc1nc(CNS(=O)(=O)c2ccc(Cl)c(CN)c2)no1. The number of hydrogen-bond donors (Lipinski definition) is 2. The summed E-state index contributed by atoms with van der Waals surface area (Å²) in [6.07, 6.45) is 0. The highest BCUT2D eigenvalue weighted by Gasteiger charge is 2.16. The Hall–Kier alpha value is -1.48. The number of nitrogens with two attached hydrogens (primary N) is 1. The van der Waals surface area contributed by atoms with E-state index < -0.39 is 10.0 Å². The summed E-state index contributed by atoms with van der Waals surface area (Å²) < 4.78 is 31.4. The smallest absolute Gasteiger partial charge is 0.240 e. The zero-order valence-corrected chi connectivity index (χ0v) is 12.2. The summed E-state index contributed by atoms with van der Waals surface area (Å²) in [4.78, 5) is 4.00. The van der Waals surface area contributed by atoms with Crippen LogP contribution >= 0.6 is 11.6 Å². The Morgan fingerprint density at radius 2 is 2.20 bits per heavy atom. The number of nitrogens with one attached hydrogen (secondary N) is 1. The molecule has 1 heterocycles. The van der Waals surface area contributed by atoms with Crippen molar-refractivity contribution in [2.45, 2.75) is 24.9 Å². The lowest BCUT2D eigenvalue weighted by atomic mass is 10.2. The average Bonchev–Trinajstić information content (AvgIpc) is 2.83. The molecule has 7 nitrogen and oxygen atoms in total. The van der Waals surface area contributed by atoms with Crippen LogP contribution in [0.15, 0.2) is 27.6 Å². The van der Waals surface area contributed by atoms with E-state index in [9.17, 15) is 8.42 Å². The van der Waals surface area contributed by atoms with Crippen LogP contribution in [-0.4, -0.2) is 18.6 Å². The maximum atomic E-state index is 12.1. The number of hydrogen-bond acceptors (Lipinski definition) is 6. The number of aromatic nitrogens is 2. The highest BCUT2D eigenvalue weighted by molar-refractivity contribution is 7.89. The molecule has 0 spiro atoms. The van der Waals surface area contributed by atoms with E-state index in [1.165, 1.54) is 18.2 Å². The summed E-state index contributed by atoms with van der Waals surface area (Å²) in [5, 5.41) is 4.04. The van der Waals surface area contributed by atoms with Crippen molar-refractivity contribution in [2.24, 2.45) is 5.73 Å². The molecule has 0 aliphatic carbocycles. The van der Waals surface area contributed by atoms with Gasteiger partial charge in [-0.2, -0.15) is 4.98 Å². The van der Waals surface area contributed by atoms with Crippen LogP contribution in [0.4, 0.5) is 0 Å². The Kier molecular flexibility index (Phi) is 4.39. The first-order chi connectivity index (χ1) is 9.42. The quantitative estimate of drug-likeness (QED) is 0.850. The van der Waals surface area contributed by atoms with Crippen molar-refractivity contribution >= 4 is 21.6 Å². The normalized spacial score (nSPS) is 11.8. The number of benzene rings is 1. The molecule has 9 heteroatoms. The van der Waals surface area contributed by atoms with Crippen LogP contribution in [-0.2, 0) is 23.1 Å². The number of sulfonamides is 1. The van der Waals surface area contributed by atoms with E-state index in [0.717, 1.165) is 0 Å². The van der Waals surface area contributed by atoms with Gasteiger partial charge >= 0.3 is 0 Å². The Balaban J connectivity index is 2.17. The van der Waals surface area contributed by atoms with Gasteiger partial charge in [0.25, 0.3) is 0 Å². The molecule has 0 atom stereocenters. The minimum Gasteiger partial charge on any atom is -0.340 e. The predicted octanol–water partition coefficient (Wildman–Crippen LogP) is 0.969. The van der Waals surface area contributed by atoms with Crippen LogP contribution in [0.1, 0.15) is 17.3 Å². The monoisotopic (exact) mass is 316 g/mol. The van der Waals surface area contributed by atoms with Crippen LogP contribution in [0.5, 0.6) is 0 Å². The molecular formula is C11H13ClN4O3S. The van der Waals surface area contributed by atoms with Gasteiger partial charge in [0.1, 0.15) is 0 Å². The molecule has 0 saturated heterocycles. The van der Waals surface area contributed by atoms with Crippen molar-refractivity contribution < 1.29 is 12.9 Å². The largest absolute Gasteiger partial charge is 0.340 e. The topological polar surface area (TPSA) is 111 Å². The Bertz CT molecular complexity index is 714. The third kappa shape index (κ3) is 3.34. The summed E-state index contributed by atoms with van der Waals surface area (Å²) in [5.74, 6) is 0.634. The summed E-state index contributed by atoms with van der Waals surface area (Å²) in [7, 11) is -3.68. The van der Waals surface area contributed by atoms with E-state index in [2.05, 4.69) is 14.9 Å². The molecule has 0 saturated carbocycles. The zero-order valence-electron chi connectivity index (χ0n) is 10.6. The van der Waals surface area contributed by atoms with Gasteiger partial charge in [-0.15, -0.1) is 0 Å². The van der Waals surface area contributed by atoms with Crippen molar-refractivity contribution in [2.75, 3.05) is 0 Å². The van der Waals surface area contributed by atoms with Crippen molar-refractivity contribution in [3.8, 4) is 0 Å². The third-order valence-electron chi connectivity index (χ3n) is 2.54. The molecule has 108 valence electrons. The molecule has 1 aromatic heterocycles. The fourth-order valence-electron chi connectivity index (χ4n) is 1.53. The van der Waals surface area contributed by atoms with Gasteiger partial charge in [-0.05, 0) is 23.8 Å². The van der Waals surface area contributed by atoms with Gasteiger partial charge in [0.2, 0.25) is 15.9 Å². The lowest BCUT2D eigenvalue weighted by Crippen LogP contribution is -2.24. The van der Waals surface area contributed by atoms with Gasteiger partial charge in [0.15, 0.2) is 5.82 Å². The van der Waals surface area contributed by atoms with Gasteiger partial charge in [0.05, 0.1) is 11.4 Å². The summed E-state index contributed by atoms with van der Waals surface area (Å²) in [6.45, 7) is 1.73. The van der Waals surface area contributed by atoms with Crippen molar-refractivity contribution in [3.05, 3.63) is 40.5 Å². The van der Waals surface area contributed by atoms with Crippen LogP contribution < -0.4 is 10.5 Å². The first-order valence-electron chi connectivity index (χ1n) is 5.70. The van der Waals surface area contributed by atoms with E-state index in [-0.39, 0.29) is 23.8 Å². The molecular weight excluding hydrogens is 304 g/mol. The summed E-state index contributed by atoms with van der Waals surface area (Å²) in [5.41, 5.74) is 6.06. The minimum absolute atomic E-state index is 0.0553. The Morgan fingerprint density at radius 1 is 1.45 bits per heavy atom. The first-order valence-corrected chi connectivity index (χ1v) is 7.56. The lowest BCUT2D eigenvalue weighted by molar-refractivity contribution is 0.387. The average molecular weight is 317 g/mol. The van der Waals surface area contributed by atoms with Crippen molar-refractivity contribution in [3.63, 3.8) is 0 Å². The first kappa shape index (κ1) is 14.9. The second kappa shape index (κ2) is 5.88. The molecule has 0 bridgehead atoms. The van der Waals surface area contributed by atoms with Gasteiger partial charge in [-0.3, -0.25) is 0 Å².